The molecule has 0 aliphatic carbocycles. The van der Waals surface area contributed by atoms with Gasteiger partial charge in [-0.2, -0.15) is 0 Å². The van der Waals surface area contributed by atoms with Crippen LogP contribution in [0.2, 0.25) is 0 Å². The van der Waals surface area contributed by atoms with Gasteiger partial charge in [0.15, 0.2) is 24.8 Å². The van der Waals surface area contributed by atoms with Crippen LogP contribution in [0.3, 0.4) is 0 Å². The van der Waals surface area contributed by atoms with Crippen molar-refractivity contribution in [3.8, 4) is 0 Å². The van der Waals surface area contributed by atoms with Crippen molar-refractivity contribution in [1.29, 1.82) is 0 Å². The minimum atomic E-state index is -5.72. The zero-order chi connectivity index (χ0) is 88.5. The first-order valence-corrected chi connectivity index (χ1v) is 50.9. The van der Waals surface area contributed by atoms with Gasteiger partial charge in [0, 0.05) is 6.42 Å². The summed E-state index contributed by atoms with van der Waals surface area (Å²) in [5.74, 6) is -5.40. The average molecular weight is 1760 g/mol. The van der Waals surface area contributed by atoms with Gasteiger partial charge in [-0.25, -0.2) is 9.13 Å². The molecule has 0 bridgehead atoms. The van der Waals surface area contributed by atoms with E-state index in [0.29, 0.717) is 51.4 Å². The number of amides is 2. The summed E-state index contributed by atoms with van der Waals surface area (Å²) >= 11 is 0. The van der Waals surface area contributed by atoms with Gasteiger partial charge in [-0.3, -0.25) is 37.8 Å². The summed E-state index contributed by atoms with van der Waals surface area (Å²) in [6, 6.07) is -3.92. The number of carbonyl (C=O) groups excluding carboxylic acids is 6. The summed E-state index contributed by atoms with van der Waals surface area (Å²) < 4.78 is 79.5. The molecule has 28 nitrogen and oxygen atoms in total. The molecule has 0 saturated carbocycles. The molecule has 2 aliphatic heterocycles. The van der Waals surface area contributed by atoms with Gasteiger partial charge in [0.1, 0.15) is 48.7 Å². The Labute approximate surface area is 722 Å². The second-order valence-corrected chi connectivity index (χ2v) is 36.7. The molecule has 120 heavy (non-hydrogen) atoms. The number of hydrogen-bond donors (Lipinski definition) is 11. The number of carbonyl (C=O) groups is 6. The molecule has 0 radical (unpaired) electrons. The number of phosphoric acid groups is 2. The van der Waals surface area contributed by atoms with Crippen molar-refractivity contribution in [3.05, 3.63) is 0 Å². The predicted molar refractivity (Wildman–Crippen MR) is 463 cm³/mol. The number of hydrogen-bond acceptors (Lipinski definition) is 22. The van der Waals surface area contributed by atoms with Gasteiger partial charge >= 0.3 is 39.5 Å². The third kappa shape index (κ3) is 58.2. The molecule has 706 valence electrons. The molecule has 30 heteroatoms. The third-order valence-corrected chi connectivity index (χ3v) is 23.9. The van der Waals surface area contributed by atoms with Gasteiger partial charge < -0.3 is 88.9 Å². The smallest absolute Gasteiger partial charge is 0.462 e. The Balaban J connectivity index is 2.83. The van der Waals surface area contributed by atoms with E-state index in [0.717, 1.165) is 276 Å². The first kappa shape index (κ1) is 113. The standard InChI is InChI=1S/C90H170N2O26P2/c1-7-13-19-25-31-35-41-46-52-58-71(95)64-81(101)115-87-83(91-77(97)66-73(60-54-48-43-37-33-27-21-15-9-3)111-79(99)62-56-50-40-30-24-18-12-6)90(118-120(107,108)109)114-76(85(87)103)69-110-89-84(88(86(75(68-93)113-89)117-119(104,105)106)116-82(102)65-72(96)59-53-47-42-36-32-26-20-14-8-2)92-78(98)67-74(61-55-49-44-38-34-28-22-16-10-4)112-80(100)63-70(94)57-51-45-39-29-23-17-11-5/h70-76,83-90,93-96,103H,7-69H2,1-6H3,(H,91,97)(H,92,98)(H2,104,105,106)(H2,107,108,109)/t70-,71-,72-,73-,74-,75-,76-,83-,84-,85-,86-,87-,88-,89-,90-/m1/s1. The van der Waals surface area contributed by atoms with Crippen LogP contribution in [0.5, 0.6) is 0 Å². The average Bonchev–Trinajstić information content (AvgIpc) is 0.778. The highest BCUT2D eigenvalue weighted by Gasteiger charge is 2.55. The Morgan fingerprint density at radius 1 is 0.342 bits per heavy atom. The minimum absolute atomic E-state index is 0.0940. The quantitative estimate of drug-likeness (QED) is 0.0117. The monoisotopic (exact) mass is 1760 g/mol. The van der Waals surface area contributed by atoms with E-state index < -0.39 is 182 Å². The lowest BCUT2D eigenvalue weighted by Crippen LogP contribution is -2.68. The fourth-order valence-electron chi connectivity index (χ4n) is 15.9. The summed E-state index contributed by atoms with van der Waals surface area (Å²) in [7, 11) is -11.4. The summed E-state index contributed by atoms with van der Waals surface area (Å²) in [4.78, 5) is 128. The van der Waals surface area contributed by atoms with Crippen LogP contribution >= 0.6 is 15.6 Å². The Kier molecular flexibility index (Phi) is 67.4. The van der Waals surface area contributed by atoms with E-state index in [1.54, 1.807) is 0 Å². The van der Waals surface area contributed by atoms with Crippen LogP contribution in [-0.2, 0) is 80.1 Å². The number of unbranched alkanes of at least 4 members (excludes halogenated alkanes) is 44. The van der Waals surface area contributed by atoms with Crippen LogP contribution in [0.1, 0.15) is 433 Å². The van der Waals surface area contributed by atoms with Crippen LogP contribution in [0, 0.1) is 0 Å². The number of rotatable bonds is 80. The molecule has 15 atom stereocenters. The molecule has 2 aliphatic rings. The maximum Gasteiger partial charge on any atom is 0.472 e. The van der Waals surface area contributed by atoms with Crippen molar-refractivity contribution in [2.45, 2.75) is 525 Å². The third-order valence-electron chi connectivity index (χ3n) is 22.9. The molecular formula is C90H170N2O26P2. The summed E-state index contributed by atoms with van der Waals surface area (Å²) in [6.07, 6.45) is 24.6. The topological polar surface area (TPSA) is 426 Å². The second kappa shape index (κ2) is 71.7. The fraction of sp³-hybridized carbons (Fsp3) is 0.933. The van der Waals surface area contributed by atoms with Crippen molar-refractivity contribution in [2.75, 3.05) is 13.2 Å². The number of ether oxygens (including phenoxy) is 7. The molecule has 0 aromatic heterocycles. The molecular weight excluding hydrogens is 1590 g/mol. The summed E-state index contributed by atoms with van der Waals surface area (Å²) in [5, 5.41) is 62.7. The molecule has 0 spiro atoms. The van der Waals surface area contributed by atoms with Crippen molar-refractivity contribution in [1.82, 2.24) is 10.6 Å². The Hall–Kier alpha value is -3.28. The van der Waals surface area contributed by atoms with Crippen LogP contribution in [-0.4, -0.2) is 186 Å². The molecule has 2 fully saturated rings. The molecule has 2 saturated heterocycles. The van der Waals surface area contributed by atoms with Crippen molar-refractivity contribution in [3.63, 3.8) is 0 Å². The SMILES string of the molecule is CCCCCCCCCCC[C@@H](O)CC(=O)O[C@@H]1[C@@H](NC(=O)C[C@@H](CCCCCCCCCCC)OC(=O)C[C@H](O)CCCCCCCCC)[C@H](OC[C@H]2O[C@H](OP(=O)(O)O)[C@H](NC(=O)C[C@@H](CCCCCCCCCCC)OC(=O)CCCCCCCCC)[C@@H](OC(=O)C[C@H](O)CCCCCCCCCCC)[C@@H]2O)O[C@H](CO)[C@H]1OP(=O)(O)O. The zero-order valence-electron chi connectivity index (χ0n) is 75.1. The van der Waals surface area contributed by atoms with E-state index in [2.05, 4.69) is 52.2 Å². The lowest BCUT2D eigenvalue weighted by molar-refractivity contribution is -0.296. The fourth-order valence-corrected chi connectivity index (χ4v) is 16.9. The Bertz CT molecular complexity index is 2680. The lowest BCUT2D eigenvalue weighted by atomic mass is 9.95. The maximum atomic E-state index is 15.0. The highest BCUT2D eigenvalue weighted by atomic mass is 31.2. The van der Waals surface area contributed by atoms with Crippen molar-refractivity contribution >= 4 is 51.3 Å². The van der Waals surface area contributed by atoms with Gasteiger partial charge in [0.25, 0.3) is 0 Å². The number of nitrogens with one attached hydrogen (secondary N) is 2. The van der Waals surface area contributed by atoms with Crippen LogP contribution in [0.15, 0.2) is 0 Å². The van der Waals surface area contributed by atoms with E-state index in [9.17, 15) is 78.2 Å². The number of aliphatic hydroxyl groups is 5. The van der Waals surface area contributed by atoms with Crippen LogP contribution in [0.4, 0.5) is 0 Å². The molecule has 0 unspecified atom stereocenters. The second-order valence-electron chi connectivity index (χ2n) is 34.3. The zero-order valence-corrected chi connectivity index (χ0v) is 76.9. The van der Waals surface area contributed by atoms with E-state index in [1.807, 2.05) is 0 Å². The lowest BCUT2D eigenvalue weighted by Gasteiger charge is -2.47. The minimum Gasteiger partial charge on any atom is -0.462 e. The number of esters is 4. The summed E-state index contributed by atoms with van der Waals surface area (Å²) in [5.41, 5.74) is 0. The van der Waals surface area contributed by atoms with Crippen molar-refractivity contribution in [2.24, 2.45) is 0 Å². The number of aliphatic hydroxyl groups excluding tert-OH is 5. The largest absolute Gasteiger partial charge is 0.472 e. The molecule has 2 amide bonds. The first-order valence-electron chi connectivity index (χ1n) is 47.8. The summed E-state index contributed by atoms with van der Waals surface area (Å²) in [6.45, 7) is 10.7. The van der Waals surface area contributed by atoms with E-state index >= 15 is 4.79 Å². The highest BCUT2D eigenvalue weighted by Crippen LogP contribution is 2.44. The van der Waals surface area contributed by atoms with Gasteiger partial charge in [0.2, 0.25) is 11.8 Å². The number of phosphoric ester groups is 2. The Morgan fingerprint density at radius 3 is 0.975 bits per heavy atom. The van der Waals surface area contributed by atoms with E-state index in [1.165, 1.54) is 0 Å². The van der Waals surface area contributed by atoms with Crippen molar-refractivity contribution < 1.29 is 125 Å². The Morgan fingerprint density at radius 2 is 0.633 bits per heavy atom. The molecule has 2 rings (SSSR count). The van der Waals surface area contributed by atoms with Gasteiger partial charge in [-0.15, -0.1) is 0 Å². The maximum absolute atomic E-state index is 15.0. The van der Waals surface area contributed by atoms with Gasteiger partial charge in [-0.05, 0) is 51.4 Å². The van der Waals surface area contributed by atoms with Crippen LogP contribution < -0.4 is 10.6 Å². The molecule has 11 N–H and O–H groups in total. The van der Waals surface area contributed by atoms with Crippen LogP contribution in [0.25, 0.3) is 0 Å². The normalized spacial score (nSPS) is 20.9. The predicted octanol–water partition coefficient (Wildman–Crippen LogP) is 18.0. The van der Waals surface area contributed by atoms with Gasteiger partial charge in [-0.1, -0.05) is 343 Å². The molecule has 0 aromatic carbocycles. The van der Waals surface area contributed by atoms with E-state index in [-0.39, 0.29) is 38.5 Å². The van der Waals surface area contributed by atoms with Gasteiger partial charge in [0.05, 0.1) is 63.6 Å². The highest BCUT2D eigenvalue weighted by molar-refractivity contribution is 7.46. The van der Waals surface area contributed by atoms with E-state index in [4.69, 9.17) is 42.2 Å². The molecule has 2 heterocycles. The first-order chi connectivity index (χ1) is 57.7. The molecule has 0 aromatic rings.